The number of thiazole rings is 1. The van der Waals surface area contributed by atoms with Crippen LogP contribution in [0, 0.1) is 24.6 Å². The number of aryl methyl sites for hydroxylation is 1. The molecule has 1 saturated heterocycles. The topological polar surface area (TPSA) is 53.5 Å². The number of amides is 2. The van der Waals surface area contributed by atoms with Crippen LogP contribution in [-0.4, -0.2) is 46.2 Å². The van der Waals surface area contributed by atoms with Gasteiger partial charge in [-0.05, 0) is 49.8 Å². The van der Waals surface area contributed by atoms with Gasteiger partial charge in [0, 0.05) is 32.1 Å². The maximum absolute atomic E-state index is 13.3. The molecule has 2 aromatic rings. The number of allylic oxidation sites excluding steroid dienone is 1. The van der Waals surface area contributed by atoms with E-state index >= 15 is 0 Å². The number of hydrogen-bond donors (Lipinski definition) is 0. The molecule has 7 heteroatoms. The van der Waals surface area contributed by atoms with E-state index in [0.29, 0.717) is 31.1 Å². The molecule has 30 heavy (non-hydrogen) atoms. The number of carbonyl (C=O) groups is 2. The van der Waals surface area contributed by atoms with Crippen LogP contribution in [0.25, 0.3) is 0 Å². The van der Waals surface area contributed by atoms with Gasteiger partial charge >= 0.3 is 0 Å². The predicted molar refractivity (Wildman–Crippen MR) is 115 cm³/mol. The van der Waals surface area contributed by atoms with Crippen molar-refractivity contribution >= 4 is 23.2 Å². The van der Waals surface area contributed by atoms with Gasteiger partial charge < -0.3 is 9.80 Å². The molecule has 0 saturated carbocycles. The van der Waals surface area contributed by atoms with Crippen molar-refractivity contribution in [3.63, 3.8) is 0 Å². The van der Waals surface area contributed by atoms with E-state index in [1.54, 1.807) is 17.6 Å². The van der Waals surface area contributed by atoms with Gasteiger partial charge in [-0.3, -0.25) is 9.59 Å². The minimum Gasteiger partial charge on any atom is -0.338 e. The number of piperidine rings is 1. The maximum Gasteiger partial charge on any atom is 0.265 e. The Morgan fingerprint density at radius 1 is 1.20 bits per heavy atom. The highest BCUT2D eigenvalue weighted by Gasteiger charge is 2.35. The fraction of sp³-hybridized carbons (Fsp3) is 0.435. The summed E-state index contributed by atoms with van der Waals surface area (Å²) in [6.45, 7) is 4.28. The third-order valence-electron chi connectivity index (χ3n) is 6.13. The number of aromatic nitrogens is 1. The van der Waals surface area contributed by atoms with Crippen LogP contribution in [0.2, 0.25) is 0 Å². The molecule has 0 spiro atoms. The molecule has 0 aliphatic carbocycles. The molecular weight excluding hydrogens is 401 g/mol. The van der Waals surface area contributed by atoms with E-state index in [4.69, 9.17) is 0 Å². The summed E-state index contributed by atoms with van der Waals surface area (Å²) < 4.78 is 13.2. The highest BCUT2D eigenvalue weighted by atomic mass is 32.1. The summed E-state index contributed by atoms with van der Waals surface area (Å²) in [5.41, 5.74) is 3.42. The summed E-state index contributed by atoms with van der Waals surface area (Å²) >= 11 is 1.39. The van der Waals surface area contributed by atoms with Gasteiger partial charge in [-0.1, -0.05) is 24.3 Å². The number of halogens is 1. The lowest BCUT2D eigenvalue weighted by atomic mass is 9.81. The van der Waals surface area contributed by atoms with Crippen LogP contribution >= 0.6 is 11.3 Å². The maximum atomic E-state index is 13.3. The van der Waals surface area contributed by atoms with Gasteiger partial charge in [0.15, 0.2) is 0 Å². The van der Waals surface area contributed by atoms with Crippen molar-refractivity contribution in [2.24, 2.45) is 11.8 Å². The lowest BCUT2D eigenvalue weighted by Crippen LogP contribution is -2.44. The van der Waals surface area contributed by atoms with Crippen LogP contribution in [0.15, 0.2) is 41.9 Å². The lowest BCUT2D eigenvalue weighted by Gasteiger charge is -2.36. The molecule has 1 aromatic heterocycles. The molecule has 1 atom stereocenters. The zero-order chi connectivity index (χ0) is 21.1. The van der Waals surface area contributed by atoms with Crippen molar-refractivity contribution < 1.29 is 14.0 Å². The Balaban J connectivity index is 1.39. The molecule has 5 nitrogen and oxygen atoms in total. The number of hydrogen-bond acceptors (Lipinski definition) is 4. The molecule has 1 unspecified atom stereocenters. The molecule has 4 rings (SSSR count). The summed E-state index contributed by atoms with van der Waals surface area (Å²) in [5.74, 6) is 0.147. The number of nitrogens with zero attached hydrogens (tertiary/aromatic N) is 3. The third kappa shape index (κ3) is 4.46. The first-order valence-corrected chi connectivity index (χ1v) is 11.3. The van der Waals surface area contributed by atoms with Crippen molar-refractivity contribution in [3.8, 4) is 0 Å². The number of benzene rings is 1. The average Bonchev–Trinajstić information content (AvgIpc) is 3.11. The zero-order valence-electron chi connectivity index (χ0n) is 17.1. The highest BCUT2D eigenvalue weighted by Crippen LogP contribution is 2.32. The SMILES string of the molecule is Cc1ncsc1C(=O)N1CCC(C2CC=CCN(Cc3ccc(F)cc3)C2=O)CC1. The molecule has 0 bridgehead atoms. The van der Waals surface area contributed by atoms with Crippen molar-refractivity contribution in [1.29, 1.82) is 0 Å². The molecule has 1 aromatic carbocycles. The standard InChI is InChI=1S/C23H26FN3O2S/c1-16-21(30-15-25-16)23(29)26-12-9-18(10-13-26)20-4-2-3-11-27(22(20)28)14-17-5-7-19(24)8-6-17/h2-3,5-8,15,18,20H,4,9-14H2,1H3. The second-order valence-corrected chi connectivity index (χ2v) is 8.91. The van der Waals surface area contributed by atoms with Crippen LogP contribution in [0.4, 0.5) is 4.39 Å². The Kier molecular flexibility index (Phi) is 6.27. The molecule has 0 N–H and O–H groups in total. The first-order chi connectivity index (χ1) is 14.5. The molecule has 0 radical (unpaired) electrons. The Morgan fingerprint density at radius 2 is 1.93 bits per heavy atom. The van der Waals surface area contributed by atoms with Crippen LogP contribution in [0.3, 0.4) is 0 Å². The Bertz CT molecular complexity index is 932. The number of likely N-dealkylation sites (tertiary alicyclic amines) is 1. The molecule has 3 heterocycles. The van der Waals surface area contributed by atoms with Gasteiger partial charge in [-0.2, -0.15) is 0 Å². The zero-order valence-corrected chi connectivity index (χ0v) is 17.9. The smallest absolute Gasteiger partial charge is 0.265 e. The van der Waals surface area contributed by atoms with E-state index in [1.807, 2.05) is 22.8 Å². The number of carbonyl (C=O) groups excluding carboxylic acids is 2. The summed E-state index contributed by atoms with van der Waals surface area (Å²) in [4.78, 5) is 34.7. The summed E-state index contributed by atoms with van der Waals surface area (Å²) in [7, 11) is 0. The van der Waals surface area contributed by atoms with Crippen molar-refractivity contribution in [1.82, 2.24) is 14.8 Å². The van der Waals surface area contributed by atoms with Crippen molar-refractivity contribution in [2.45, 2.75) is 32.7 Å². The largest absolute Gasteiger partial charge is 0.338 e. The average molecular weight is 428 g/mol. The quantitative estimate of drug-likeness (QED) is 0.692. The Hall–Kier alpha value is -2.54. The normalized spacial score (nSPS) is 20.5. The highest BCUT2D eigenvalue weighted by molar-refractivity contribution is 7.11. The van der Waals surface area contributed by atoms with Crippen molar-refractivity contribution in [2.75, 3.05) is 19.6 Å². The van der Waals surface area contributed by atoms with E-state index in [0.717, 1.165) is 30.5 Å². The molecule has 158 valence electrons. The van der Waals surface area contributed by atoms with Gasteiger partial charge in [-0.25, -0.2) is 9.37 Å². The van der Waals surface area contributed by atoms with Gasteiger partial charge in [0.2, 0.25) is 5.91 Å². The summed E-state index contributed by atoms with van der Waals surface area (Å²) in [6.07, 6.45) is 6.56. The molecule has 2 aliphatic rings. The van der Waals surface area contributed by atoms with E-state index in [9.17, 15) is 14.0 Å². The minimum atomic E-state index is -0.270. The third-order valence-corrected chi connectivity index (χ3v) is 7.05. The molecule has 1 fully saturated rings. The fourth-order valence-corrected chi connectivity index (χ4v) is 5.14. The minimum absolute atomic E-state index is 0.0541. The first-order valence-electron chi connectivity index (χ1n) is 10.4. The second-order valence-electron chi connectivity index (χ2n) is 8.06. The molecular formula is C23H26FN3O2S. The summed E-state index contributed by atoms with van der Waals surface area (Å²) in [6, 6.07) is 6.33. The van der Waals surface area contributed by atoms with Gasteiger partial charge in [0.25, 0.3) is 5.91 Å². The van der Waals surface area contributed by atoms with Gasteiger partial charge in [-0.15, -0.1) is 11.3 Å². The second kappa shape index (κ2) is 9.08. The predicted octanol–water partition coefficient (Wildman–Crippen LogP) is 4.05. The van der Waals surface area contributed by atoms with E-state index < -0.39 is 0 Å². The fourth-order valence-electron chi connectivity index (χ4n) is 4.37. The van der Waals surface area contributed by atoms with Crippen LogP contribution < -0.4 is 0 Å². The van der Waals surface area contributed by atoms with E-state index in [1.165, 1.54) is 23.5 Å². The molecule has 2 amide bonds. The van der Waals surface area contributed by atoms with Crippen LogP contribution in [0.1, 0.15) is 40.2 Å². The van der Waals surface area contributed by atoms with Crippen LogP contribution in [0.5, 0.6) is 0 Å². The Morgan fingerprint density at radius 3 is 2.60 bits per heavy atom. The van der Waals surface area contributed by atoms with Gasteiger partial charge in [0.1, 0.15) is 10.7 Å². The number of rotatable bonds is 4. The molecule has 2 aliphatic heterocycles. The van der Waals surface area contributed by atoms with E-state index in [-0.39, 0.29) is 29.5 Å². The van der Waals surface area contributed by atoms with E-state index in [2.05, 4.69) is 11.1 Å². The lowest BCUT2D eigenvalue weighted by molar-refractivity contribution is -0.137. The first kappa shape index (κ1) is 20.7. The van der Waals surface area contributed by atoms with Crippen LogP contribution in [-0.2, 0) is 11.3 Å². The monoisotopic (exact) mass is 427 g/mol. The summed E-state index contributed by atoms with van der Waals surface area (Å²) in [5, 5.41) is 0. The van der Waals surface area contributed by atoms with Gasteiger partial charge in [0.05, 0.1) is 11.2 Å². The van der Waals surface area contributed by atoms with Crippen molar-refractivity contribution in [3.05, 3.63) is 63.9 Å². The Labute approximate surface area is 180 Å².